The Morgan fingerprint density at radius 2 is 1.96 bits per heavy atom. The highest BCUT2D eigenvalue weighted by Gasteiger charge is 2.12. The smallest absolute Gasteiger partial charge is 0.351 e. The molecule has 0 atom stereocenters. The van der Waals surface area contributed by atoms with Gasteiger partial charge in [-0.05, 0) is 30.2 Å². The summed E-state index contributed by atoms with van der Waals surface area (Å²) in [7, 11) is 0. The van der Waals surface area contributed by atoms with Crippen molar-refractivity contribution in [2.75, 3.05) is 0 Å². The minimum absolute atomic E-state index is 0.101. The average Bonchev–Trinajstić information content (AvgIpc) is 2.56. The molecule has 0 radical (unpaired) electrons. The van der Waals surface area contributed by atoms with Gasteiger partial charge in [-0.15, -0.1) is 0 Å². The number of aromatic carboxylic acids is 1. The molecule has 6 nitrogen and oxygen atoms in total. The van der Waals surface area contributed by atoms with Crippen LogP contribution in [0.15, 0.2) is 33.5 Å². The number of esters is 1. The zero-order valence-electron chi connectivity index (χ0n) is 13.5. The lowest BCUT2D eigenvalue weighted by Crippen LogP contribution is -2.12. The van der Waals surface area contributed by atoms with E-state index in [2.05, 4.69) is 6.92 Å². The Bertz CT molecular complexity index is 790. The number of fused-ring (bicyclic) bond motifs is 1. The number of carbonyl (C=O) groups is 2. The molecule has 0 bridgehead atoms. The molecule has 2 aromatic rings. The minimum Gasteiger partial charge on any atom is -0.477 e. The first kappa shape index (κ1) is 17.7. The number of carboxylic acid groups (broad SMARTS) is 1. The molecular formula is C18H20O6. The monoisotopic (exact) mass is 332 g/mol. The largest absolute Gasteiger partial charge is 0.477 e. The fraction of sp³-hybridized carbons (Fsp3) is 0.389. The highest BCUT2D eigenvalue weighted by Crippen LogP contribution is 2.17. The molecule has 0 amide bonds. The number of ether oxygens (including phenoxy) is 1. The van der Waals surface area contributed by atoms with E-state index in [0.717, 1.165) is 25.7 Å². The van der Waals surface area contributed by atoms with Gasteiger partial charge >= 0.3 is 17.6 Å². The molecule has 1 N–H and O–H groups in total. The van der Waals surface area contributed by atoms with Crippen LogP contribution in [0.3, 0.4) is 0 Å². The van der Waals surface area contributed by atoms with Crippen LogP contribution in [0.1, 0.15) is 54.9 Å². The Kier molecular flexibility index (Phi) is 6.12. The second-order valence-electron chi connectivity index (χ2n) is 5.60. The predicted molar refractivity (Wildman–Crippen MR) is 88.0 cm³/mol. The standard InChI is InChI=1S/C18H20O6/c1-2-3-4-5-6-16(19)23-11-12-7-8-15-13(9-12)10-14(17(20)21)18(22)24-15/h7-10H,2-6,11H2,1H3,(H,20,21). The van der Waals surface area contributed by atoms with Crippen LogP contribution in [0.5, 0.6) is 0 Å². The molecule has 24 heavy (non-hydrogen) atoms. The van der Waals surface area contributed by atoms with E-state index in [1.807, 2.05) is 0 Å². The maximum Gasteiger partial charge on any atom is 0.351 e. The number of benzene rings is 1. The molecule has 0 spiro atoms. The third-order valence-electron chi connectivity index (χ3n) is 3.66. The minimum atomic E-state index is -1.34. The van der Waals surface area contributed by atoms with E-state index in [0.29, 0.717) is 23.0 Å². The molecular weight excluding hydrogens is 312 g/mol. The van der Waals surface area contributed by atoms with Gasteiger partial charge in [-0.3, -0.25) is 4.79 Å². The molecule has 1 heterocycles. The van der Waals surface area contributed by atoms with Gasteiger partial charge in [0, 0.05) is 11.8 Å². The van der Waals surface area contributed by atoms with Crippen molar-refractivity contribution in [1.82, 2.24) is 0 Å². The molecule has 128 valence electrons. The Hall–Kier alpha value is -2.63. The van der Waals surface area contributed by atoms with E-state index >= 15 is 0 Å². The molecule has 1 aromatic carbocycles. The van der Waals surface area contributed by atoms with Gasteiger partial charge in [-0.1, -0.05) is 32.3 Å². The molecule has 1 aromatic heterocycles. The predicted octanol–water partition coefficient (Wildman–Crippen LogP) is 3.50. The lowest BCUT2D eigenvalue weighted by Gasteiger charge is -2.06. The summed E-state index contributed by atoms with van der Waals surface area (Å²) in [6.45, 7) is 2.21. The van der Waals surface area contributed by atoms with Crippen molar-refractivity contribution in [3.63, 3.8) is 0 Å². The molecule has 0 saturated carbocycles. The molecule has 0 aliphatic carbocycles. The lowest BCUT2D eigenvalue weighted by atomic mass is 10.1. The highest BCUT2D eigenvalue weighted by atomic mass is 16.5. The summed E-state index contributed by atoms with van der Waals surface area (Å²) < 4.78 is 10.2. The molecule has 0 saturated heterocycles. The number of rotatable bonds is 8. The van der Waals surface area contributed by atoms with Crippen LogP contribution in [0, 0.1) is 0 Å². The molecule has 2 rings (SSSR count). The van der Waals surface area contributed by atoms with Crippen LogP contribution in [-0.2, 0) is 16.1 Å². The van der Waals surface area contributed by atoms with Crippen molar-refractivity contribution in [3.8, 4) is 0 Å². The molecule has 6 heteroatoms. The van der Waals surface area contributed by atoms with Crippen LogP contribution in [0.25, 0.3) is 11.0 Å². The Labute approximate surface area is 139 Å². The van der Waals surface area contributed by atoms with Gasteiger partial charge in [0.15, 0.2) is 0 Å². The first-order chi connectivity index (χ1) is 11.5. The second kappa shape index (κ2) is 8.29. The summed E-state index contributed by atoms with van der Waals surface area (Å²) in [6.07, 6.45) is 4.44. The van der Waals surface area contributed by atoms with Crippen LogP contribution in [0.4, 0.5) is 0 Å². The Balaban J connectivity index is 2.02. The Morgan fingerprint density at radius 1 is 1.17 bits per heavy atom. The summed E-state index contributed by atoms with van der Waals surface area (Å²) in [5.41, 5.74) is -0.317. The number of unbranched alkanes of at least 4 members (excludes halogenated alkanes) is 3. The summed E-state index contributed by atoms with van der Waals surface area (Å²) in [5, 5.41) is 9.44. The maximum atomic E-state index is 11.7. The number of hydrogen-bond acceptors (Lipinski definition) is 5. The topological polar surface area (TPSA) is 93.8 Å². The van der Waals surface area contributed by atoms with E-state index in [-0.39, 0.29) is 12.6 Å². The molecule has 0 aliphatic rings. The second-order valence-corrected chi connectivity index (χ2v) is 5.60. The van der Waals surface area contributed by atoms with Crippen LogP contribution in [0.2, 0.25) is 0 Å². The van der Waals surface area contributed by atoms with Crippen LogP contribution >= 0.6 is 0 Å². The van der Waals surface area contributed by atoms with Gasteiger partial charge in [0.05, 0.1) is 0 Å². The maximum absolute atomic E-state index is 11.7. The van der Waals surface area contributed by atoms with Crippen molar-refractivity contribution in [2.24, 2.45) is 0 Å². The SMILES string of the molecule is CCCCCCC(=O)OCc1ccc2oc(=O)c(C(=O)O)cc2c1. The normalized spacial score (nSPS) is 10.7. The van der Waals surface area contributed by atoms with Gasteiger partial charge < -0.3 is 14.3 Å². The fourth-order valence-corrected chi connectivity index (χ4v) is 2.34. The number of carboxylic acids is 1. The van der Waals surface area contributed by atoms with Gasteiger partial charge in [0.25, 0.3) is 0 Å². The van der Waals surface area contributed by atoms with Crippen LogP contribution < -0.4 is 5.63 Å². The zero-order valence-corrected chi connectivity index (χ0v) is 13.5. The summed E-state index contributed by atoms with van der Waals surface area (Å²) in [4.78, 5) is 34.2. The van der Waals surface area contributed by atoms with Crippen LogP contribution in [-0.4, -0.2) is 17.0 Å². The third kappa shape index (κ3) is 4.68. The van der Waals surface area contributed by atoms with Crippen molar-refractivity contribution in [1.29, 1.82) is 0 Å². The fourth-order valence-electron chi connectivity index (χ4n) is 2.34. The summed E-state index contributed by atoms with van der Waals surface area (Å²) in [5.74, 6) is -1.59. The quantitative estimate of drug-likeness (QED) is 0.452. The van der Waals surface area contributed by atoms with E-state index in [1.54, 1.807) is 18.2 Å². The van der Waals surface area contributed by atoms with Gasteiger partial charge in [-0.25, -0.2) is 9.59 Å². The van der Waals surface area contributed by atoms with E-state index in [1.165, 1.54) is 6.07 Å². The van der Waals surface area contributed by atoms with Crippen molar-refractivity contribution in [3.05, 3.63) is 45.8 Å². The third-order valence-corrected chi connectivity index (χ3v) is 3.66. The molecule has 0 unspecified atom stereocenters. The first-order valence-corrected chi connectivity index (χ1v) is 7.97. The number of hydrogen-bond donors (Lipinski definition) is 1. The van der Waals surface area contributed by atoms with E-state index < -0.39 is 17.2 Å². The van der Waals surface area contributed by atoms with Crippen molar-refractivity contribution < 1.29 is 23.8 Å². The summed E-state index contributed by atoms with van der Waals surface area (Å²) >= 11 is 0. The van der Waals surface area contributed by atoms with Gasteiger partial charge in [0.2, 0.25) is 0 Å². The van der Waals surface area contributed by atoms with Gasteiger partial charge in [-0.2, -0.15) is 0 Å². The average molecular weight is 332 g/mol. The highest BCUT2D eigenvalue weighted by molar-refractivity contribution is 5.91. The molecule has 0 aliphatic heterocycles. The first-order valence-electron chi connectivity index (χ1n) is 7.97. The molecule has 0 fully saturated rings. The van der Waals surface area contributed by atoms with Gasteiger partial charge in [0.1, 0.15) is 17.8 Å². The zero-order chi connectivity index (χ0) is 17.5. The van der Waals surface area contributed by atoms with Crippen molar-refractivity contribution in [2.45, 2.75) is 45.6 Å². The lowest BCUT2D eigenvalue weighted by molar-refractivity contribution is -0.145. The van der Waals surface area contributed by atoms with E-state index in [9.17, 15) is 14.4 Å². The summed E-state index contributed by atoms with van der Waals surface area (Å²) in [6, 6.07) is 6.15. The number of carbonyl (C=O) groups excluding carboxylic acids is 1. The van der Waals surface area contributed by atoms with Crippen molar-refractivity contribution >= 4 is 22.9 Å². The van der Waals surface area contributed by atoms with E-state index in [4.69, 9.17) is 14.3 Å². The Morgan fingerprint density at radius 3 is 2.67 bits per heavy atom.